The van der Waals surface area contributed by atoms with Gasteiger partial charge in [-0.1, -0.05) is 11.8 Å². The molecule has 10 heteroatoms. The number of amides is 1. The van der Waals surface area contributed by atoms with E-state index < -0.39 is 11.2 Å². The van der Waals surface area contributed by atoms with Crippen LogP contribution in [-0.2, 0) is 23.6 Å². The number of carbonyl (C=O) groups is 1. The fraction of sp³-hybridized carbons (Fsp3) is 0.562. The van der Waals surface area contributed by atoms with Gasteiger partial charge in [0, 0.05) is 27.2 Å². The van der Waals surface area contributed by atoms with Crippen LogP contribution < -0.4 is 16.6 Å². The van der Waals surface area contributed by atoms with Gasteiger partial charge in [-0.05, 0) is 19.8 Å². The third kappa shape index (κ3) is 3.65. The fourth-order valence-corrected chi connectivity index (χ4v) is 3.74. The largest absolute Gasteiger partial charge is 0.376 e. The lowest BCUT2D eigenvalue weighted by molar-refractivity contribution is -0.119. The zero-order valence-corrected chi connectivity index (χ0v) is 15.8. The summed E-state index contributed by atoms with van der Waals surface area (Å²) in [6.45, 7) is 2.91. The normalized spacial score (nSPS) is 17.0. The van der Waals surface area contributed by atoms with Crippen molar-refractivity contribution in [2.75, 3.05) is 18.9 Å². The third-order valence-electron chi connectivity index (χ3n) is 4.27. The summed E-state index contributed by atoms with van der Waals surface area (Å²) in [6, 6.07) is 0. The molecule has 2 aromatic rings. The van der Waals surface area contributed by atoms with Gasteiger partial charge in [-0.15, -0.1) is 0 Å². The Morgan fingerprint density at radius 2 is 2.08 bits per heavy atom. The van der Waals surface area contributed by atoms with E-state index in [9.17, 15) is 14.4 Å². The lowest BCUT2D eigenvalue weighted by atomic mass is 10.2. The summed E-state index contributed by atoms with van der Waals surface area (Å²) in [5, 5.41) is 3.48. The molecular formula is C16H21N5O4S. The average Bonchev–Trinajstić information content (AvgIpc) is 3.14. The molecule has 1 unspecified atom stereocenters. The second kappa shape index (κ2) is 7.58. The number of nitrogens with one attached hydrogen (secondary N) is 1. The molecule has 9 nitrogen and oxygen atoms in total. The lowest BCUT2D eigenvalue weighted by Gasteiger charge is -2.12. The van der Waals surface area contributed by atoms with Crippen LogP contribution in [0.3, 0.4) is 0 Å². The van der Waals surface area contributed by atoms with Crippen molar-refractivity contribution < 1.29 is 9.53 Å². The van der Waals surface area contributed by atoms with Gasteiger partial charge in [-0.3, -0.25) is 18.7 Å². The van der Waals surface area contributed by atoms with Crippen molar-refractivity contribution in [1.82, 2.24) is 24.4 Å². The molecule has 140 valence electrons. The van der Waals surface area contributed by atoms with E-state index in [1.54, 1.807) is 14.0 Å². The number of hydrogen-bond donors (Lipinski definition) is 1. The van der Waals surface area contributed by atoms with Crippen molar-refractivity contribution in [2.45, 2.75) is 30.9 Å². The molecule has 0 aliphatic carbocycles. The van der Waals surface area contributed by atoms with Crippen LogP contribution in [0.2, 0.25) is 0 Å². The highest BCUT2D eigenvalue weighted by Gasteiger charge is 2.19. The minimum absolute atomic E-state index is 0.0768. The predicted octanol–water partition coefficient (Wildman–Crippen LogP) is -0.277. The van der Waals surface area contributed by atoms with E-state index >= 15 is 0 Å². The monoisotopic (exact) mass is 379 g/mol. The summed E-state index contributed by atoms with van der Waals surface area (Å²) >= 11 is 1.16. The smallest absolute Gasteiger partial charge is 0.332 e. The number of aryl methyl sites for hydroxylation is 2. The number of aromatic nitrogens is 4. The van der Waals surface area contributed by atoms with Crippen LogP contribution >= 0.6 is 11.8 Å². The van der Waals surface area contributed by atoms with Crippen molar-refractivity contribution in [3.8, 4) is 0 Å². The van der Waals surface area contributed by atoms with Crippen LogP contribution in [0.15, 0.2) is 14.6 Å². The summed E-state index contributed by atoms with van der Waals surface area (Å²) in [6.07, 6.45) is 2.05. The molecule has 1 amide bonds. The van der Waals surface area contributed by atoms with Crippen LogP contribution in [0, 0.1) is 6.92 Å². The minimum atomic E-state index is -0.467. The number of fused-ring (bicyclic) bond motifs is 1. The summed E-state index contributed by atoms with van der Waals surface area (Å²) in [5.41, 5.74) is -0.649. The van der Waals surface area contributed by atoms with E-state index in [0.29, 0.717) is 17.4 Å². The molecule has 0 radical (unpaired) electrons. The van der Waals surface area contributed by atoms with Crippen molar-refractivity contribution in [2.24, 2.45) is 14.1 Å². The van der Waals surface area contributed by atoms with Crippen molar-refractivity contribution in [3.05, 3.63) is 26.7 Å². The van der Waals surface area contributed by atoms with Gasteiger partial charge >= 0.3 is 5.69 Å². The molecule has 1 saturated heterocycles. The first-order valence-corrected chi connectivity index (χ1v) is 9.32. The molecular weight excluding hydrogens is 358 g/mol. The first kappa shape index (κ1) is 18.6. The topological polar surface area (TPSA) is 108 Å². The van der Waals surface area contributed by atoms with E-state index in [1.807, 2.05) is 0 Å². The molecule has 1 fully saturated rings. The summed E-state index contributed by atoms with van der Waals surface area (Å²) in [7, 11) is 2.96. The summed E-state index contributed by atoms with van der Waals surface area (Å²) in [4.78, 5) is 45.2. The van der Waals surface area contributed by atoms with Crippen LogP contribution in [0.1, 0.15) is 18.7 Å². The standard InChI is InChI=1S/C16H21N5O4S/c1-9-18-13-12(15(23)21(3)16(24)20(13)2)14(19-9)26-8-11(22)17-7-10-5-4-6-25-10/h10H,4-8H2,1-3H3,(H,17,22). The van der Waals surface area contributed by atoms with E-state index in [1.165, 1.54) is 11.6 Å². The van der Waals surface area contributed by atoms with Gasteiger partial charge in [-0.2, -0.15) is 0 Å². The lowest BCUT2D eigenvalue weighted by Crippen LogP contribution is -2.38. The fourth-order valence-electron chi connectivity index (χ4n) is 2.86. The average molecular weight is 379 g/mol. The van der Waals surface area contributed by atoms with E-state index in [-0.39, 0.29) is 28.8 Å². The van der Waals surface area contributed by atoms with Gasteiger partial charge in [0.2, 0.25) is 5.91 Å². The highest BCUT2D eigenvalue weighted by Crippen LogP contribution is 2.21. The van der Waals surface area contributed by atoms with Gasteiger partial charge in [0.05, 0.1) is 11.9 Å². The second-order valence-electron chi connectivity index (χ2n) is 6.21. The SMILES string of the molecule is Cc1nc(SCC(=O)NCC2CCCO2)c2c(=O)n(C)c(=O)n(C)c2n1. The number of carbonyl (C=O) groups excluding carboxylic acids is 1. The van der Waals surface area contributed by atoms with Crippen molar-refractivity contribution in [3.63, 3.8) is 0 Å². The number of ether oxygens (including phenoxy) is 1. The molecule has 2 aromatic heterocycles. The Balaban J connectivity index is 1.82. The third-order valence-corrected chi connectivity index (χ3v) is 5.24. The molecule has 3 heterocycles. The quantitative estimate of drug-likeness (QED) is 0.562. The Morgan fingerprint density at radius 3 is 2.77 bits per heavy atom. The maximum atomic E-state index is 12.5. The van der Waals surface area contributed by atoms with Gasteiger partial charge in [0.1, 0.15) is 16.2 Å². The summed E-state index contributed by atoms with van der Waals surface area (Å²) in [5.74, 6) is 0.393. The van der Waals surface area contributed by atoms with Crippen molar-refractivity contribution in [1.29, 1.82) is 0 Å². The molecule has 26 heavy (non-hydrogen) atoms. The maximum absolute atomic E-state index is 12.5. The first-order chi connectivity index (χ1) is 12.4. The molecule has 0 spiro atoms. The number of rotatable bonds is 5. The number of thioether (sulfide) groups is 1. The Labute approximate surface area is 153 Å². The molecule has 1 atom stereocenters. The van der Waals surface area contributed by atoms with Gasteiger partial charge in [0.25, 0.3) is 5.56 Å². The van der Waals surface area contributed by atoms with Crippen LogP contribution in [0.4, 0.5) is 0 Å². The molecule has 1 aliphatic rings. The van der Waals surface area contributed by atoms with Crippen LogP contribution in [0.25, 0.3) is 11.0 Å². The second-order valence-corrected chi connectivity index (χ2v) is 7.17. The van der Waals surface area contributed by atoms with Crippen LogP contribution in [0.5, 0.6) is 0 Å². The molecule has 1 aliphatic heterocycles. The molecule has 1 N–H and O–H groups in total. The predicted molar refractivity (Wildman–Crippen MR) is 97.5 cm³/mol. The highest BCUT2D eigenvalue weighted by molar-refractivity contribution is 8.00. The van der Waals surface area contributed by atoms with E-state index in [0.717, 1.165) is 35.8 Å². The molecule has 0 bridgehead atoms. The highest BCUT2D eigenvalue weighted by atomic mass is 32.2. The Hall–Kier alpha value is -2.20. The van der Waals surface area contributed by atoms with Crippen molar-refractivity contribution >= 4 is 28.7 Å². The number of hydrogen-bond acceptors (Lipinski definition) is 7. The zero-order chi connectivity index (χ0) is 18.8. The zero-order valence-electron chi connectivity index (χ0n) is 14.9. The van der Waals surface area contributed by atoms with Gasteiger partial charge < -0.3 is 10.1 Å². The van der Waals surface area contributed by atoms with Crippen LogP contribution in [-0.4, -0.2) is 50.0 Å². The minimum Gasteiger partial charge on any atom is -0.376 e. The Kier molecular flexibility index (Phi) is 5.42. The number of nitrogens with zero attached hydrogens (tertiary/aromatic N) is 4. The Bertz CT molecular complexity index is 962. The van der Waals surface area contributed by atoms with E-state index in [4.69, 9.17) is 4.74 Å². The maximum Gasteiger partial charge on any atom is 0.332 e. The Morgan fingerprint density at radius 1 is 1.31 bits per heavy atom. The van der Waals surface area contributed by atoms with Gasteiger partial charge in [0.15, 0.2) is 5.65 Å². The molecule has 0 saturated carbocycles. The molecule has 0 aromatic carbocycles. The van der Waals surface area contributed by atoms with E-state index in [2.05, 4.69) is 15.3 Å². The first-order valence-electron chi connectivity index (χ1n) is 8.34. The molecule has 3 rings (SSSR count). The van der Waals surface area contributed by atoms with Gasteiger partial charge in [-0.25, -0.2) is 14.8 Å². The summed E-state index contributed by atoms with van der Waals surface area (Å²) < 4.78 is 7.80.